The first kappa shape index (κ1) is 14.2. The van der Waals surface area contributed by atoms with Crippen LogP contribution in [0.2, 0.25) is 0 Å². The van der Waals surface area contributed by atoms with Crippen molar-refractivity contribution in [3.63, 3.8) is 0 Å². The first-order chi connectivity index (χ1) is 9.19. The third-order valence-electron chi connectivity index (χ3n) is 3.69. The highest BCUT2D eigenvalue weighted by molar-refractivity contribution is 5.76. The predicted molar refractivity (Wildman–Crippen MR) is 64.6 cm³/mol. The minimum atomic E-state index is -1.34. The normalized spacial score (nSPS) is 46.0. The molecular weight excluding hydrogens is 268 g/mol. The fourth-order valence-corrected chi connectivity index (χ4v) is 2.89. The van der Waals surface area contributed by atoms with Crippen LogP contribution < -0.4 is 0 Å². The van der Waals surface area contributed by atoms with Crippen molar-refractivity contribution in [1.29, 1.82) is 0 Å². The molecule has 7 nitrogen and oxygen atoms in total. The Bertz CT molecular complexity index is 419. The Balaban J connectivity index is 1.82. The molecular formula is C13H20O7. The van der Waals surface area contributed by atoms with E-state index >= 15 is 0 Å². The number of hydrogen-bond donors (Lipinski definition) is 1. The van der Waals surface area contributed by atoms with Crippen molar-refractivity contribution in [1.82, 2.24) is 0 Å². The van der Waals surface area contributed by atoms with E-state index in [9.17, 15) is 9.90 Å². The summed E-state index contributed by atoms with van der Waals surface area (Å²) in [7, 11) is 0. The molecule has 1 N–H and O–H groups in total. The van der Waals surface area contributed by atoms with E-state index in [2.05, 4.69) is 0 Å². The van der Waals surface area contributed by atoms with Crippen molar-refractivity contribution in [2.75, 3.05) is 6.61 Å². The summed E-state index contributed by atoms with van der Waals surface area (Å²) in [6.45, 7) is 7.35. The number of ether oxygens (including phenoxy) is 5. The van der Waals surface area contributed by atoms with Crippen molar-refractivity contribution < 1.29 is 33.6 Å². The second-order valence-corrected chi connectivity index (χ2v) is 6.28. The Morgan fingerprint density at radius 2 is 1.65 bits per heavy atom. The third kappa shape index (κ3) is 2.33. The van der Waals surface area contributed by atoms with Crippen LogP contribution in [0.1, 0.15) is 27.7 Å². The van der Waals surface area contributed by atoms with Crippen LogP contribution in [0.5, 0.6) is 0 Å². The molecule has 3 fully saturated rings. The number of rotatable bonds is 1. The maximum atomic E-state index is 11.8. The van der Waals surface area contributed by atoms with Gasteiger partial charge in [0.05, 0.1) is 6.61 Å². The molecule has 0 spiro atoms. The molecule has 3 aliphatic rings. The quantitative estimate of drug-likeness (QED) is 0.677. The van der Waals surface area contributed by atoms with Crippen LogP contribution in [0.4, 0.5) is 0 Å². The summed E-state index contributed by atoms with van der Waals surface area (Å²) >= 11 is 0. The lowest BCUT2D eigenvalue weighted by atomic mass is 9.96. The van der Waals surface area contributed by atoms with Gasteiger partial charge in [-0.15, -0.1) is 0 Å². The van der Waals surface area contributed by atoms with E-state index in [1.54, 1.807) is 27.7 Å². The van der Waals surface area contributed by atoms with Gasteiger partial charge in [0, 0.05) is 0 Å². The summed E-state index contributed by atoms with van der Waals surface area (Å²) in [4.78, 5) is 11.8. The highest BCUT2D eigenvalue weighted by Gasteiger charge is 2.58. The molecule has 0 aromatic rings. The Hall–Kier alpha value is -0.730. The molecule has 3 rings (SSSR count). The van der Waals surface area contributed by atoms with Crippen molar-refractivity contribution in [2.24, 2.45) is 0 Å². The average molecular weight is 288 g/mol. The lowest BCUT2D eigenvalue weighted by Crippen LogP contribution is -2.58. The van der Waals surface area contributed by atoms with Crippen LogP contribution in [0.15, 0.2) is 0 Å². The standard InChI is InChI=1S/C13H20O7/c1-12(2)16-5-6(18-12)8-10-9(7(14)11(15)17-8)19-13(3,4)20-10/h6-10,14H,5H2,1-4H3/t6-,7-,8+,9+,10-/m1/s1. The van der Waals surface area contributed by atoms with Gasteiger partial charge in [0.25, 0.3) is 0 Å². The summed E-state index contributed by atoms with van der Waals surface area (Å²) in [5.41, 5.74) is 0. The Morgan fingerprint density at radius 1 is 1.00 bits per heavy atom. The lowest BCUT2D eigenvalue weighted by molar-refractivity contribution is -0.208. The van der Waals surface area contributed by atoms with Crippen molar-refractivity contribution >= 4 is 5.97 Å². The van der Waals surface area contributed by atoms with Gasteiger partial charge in [-0.25, -0.2) is 4.79 Å². The van der Waals surface area contributed by atoms with Gasteiger partial charge < -0.3 is 28.8 Å². The monoisotopic (exact) mass is 288 g/mol. The van der Waals surface area contributed by atoms with E-state index in [-0.39, 0.29) is 0 Å². The Kier molecular flexibility index (Phi) is 3.11. The largest absolute Gasteiger partial charge is 0.455 e. The van der Waals surface area contributed by atoms with Crippen LogP contribution in [0, 0.1) is 0 Å². The molecule has 0 bridgehead atoms. The fourth-order valence-electron chi connectivity index (χ4n) is 2.89. The first-order valence-corrected chi connectivity index (χ1v) is 6.74. The van der Waals surface area contributed by atoms with Gasteiger partial charge in [-0.05, 0) is 27.7 Å². The fraction of sp³-hybridized carbons (Fsp3) is 0.923. The molecule has 3 saturated heterocycles. The first-order valence-electron chi connectivity index (χ1n) is 6.74. The molecule has 0 saturated carbocycles. The second-order valence-electron chi connectivity index (χ2n) is 6.28. The molecule has 0 aliphatic carbocycles. The lowest BCUT2D eigenvalue weighted by Gasteiger charge is -2.36. The molecule has 0 aromatic heterocycles. The molecule has 7 heteroatoms. The SMILES string of the molecule is CC1(C)O[C@@H]2[C@H]([C@H]3COC(C)(C)O3)OC(=O)[C@H](O)[C@@H]2O1. The molecule has 20 heavy (non-hydrogen) atoms. The number of hydrogen-bond acceptors (Lipinski definition) is 7. The smallest absolute Gasteiger partial charge is 0.338 e. The number of aliphatic hydroxyl groups is 1. The van der Waals surface area contributed by atoms with Gasteiger partial charge in [-0.1, -0.05) is 0 Å². The number of carbonyl (C=O) groups excluding carboxylic acids is 1. The third-order valence-corrected chi connectivity index (χ3v) is 3.69. The zero-order valence-corrected chi connectivity index (χ0v) is 12.0. The number of esters is 1. The molecule has 0 amide bonds. The predicted octanol–water partition coefficient (Wildman–Crippen LogP) is -0.0557. The summed E-state index contributed by atoms with van der Waals surface area (Å²) in [5.74, 6) is -2.32. The average Bonchev–Trinajstić information content (AvgIpc) is 2.83. The highest BCUT2D eigenvalue weighted by Crippen LogP contribution is 2.39. The number of cyclic esters (lactones) is 1. The van der Waals surface area contributed by atoms with Gasteiger partial charge in [0.15, 0.2) is 23.8 Å². The van der Waals surface area contributed by atoms with E-state index in [1.807, 2.05) is 0 Å². The summed E-state index contributed by atoms with van der Waals surface area (Å²) in [6.07, 6.45) is -3.75. The van der Waals surface area contributed by atoms with Crippen molar-refractivity contribution in [3.8, 4) is 0 Å². The van der Waals surface area contributed by atoms with Gasteiger partial charge in [-0.3, -0.25) is 0 Å². The van der Waals surface area contributed by atoms with E-state index in [4.69, 9.17) is 23.7 Å². The van der Waals surface area contributed by atoms with Crippen LogP contribution in [-0.4, -0.2) is 59.8 Å². The van der Waals surface area contributed by atoms with E-state index in [0.29, 0.717) is 6.61 Å². The van der Waals surface area contributed by atoms with Crippen LogP contribution in [0.3, 0.4) is 0 Å². The summed E-state index contributed by atoms with van der Waals surface area (Å²) < 4.78 is 27.9. The summed E-state index contributed by atoms with van der Waals surface area (Å²) in [6, 6.07) is 0. The molecule has 114 valence electrons. The van der Waals surface area contributed by atoms with Gasteiger partial charge in [-0.2, -0.15) is 0 Å². The maximum absolute atomic E-state index is 11.8. The van der Waals surface area contributed by atoms with Gasteiger partial charge in [0.2, 0.25) is 0 Å². The van der Waals surface area contributed by atoms with Crippen molar-refractivity contribution in [3.05, 3.63) is 0 Å². The number of fused-ring (bicyclic) bond motifs is 1. The van der Waals surface area contributed by atoms with Crippen molar-refractivity contribution in [2.45, 2.75) is 69.8 Å². The van der Waals surface area contributed by atoms with Crippen LogP contribution >= 0.6 is 0 Å². The maximum Gasteiger partial charge on any atom is 0.338 e. The zero-order valence-electron chi connectivity index (χ0n) is 12.0. The Labute approximate surface area is 117 Å². The molecule has 3 heterocycles. The molecule has 5 atom stereocenters. The second kappa shape index (κ2) is 4.38. The molecule has 3 aliphatic heterocycles. The van der Waals surface area contributed by atoms with E-state index in [1.165, 1.54) is 0 Å². The minimum Gasteiger partial charge on any atom is -0.455 e. The molecule has 0 unspecified atom stereocenters. The van der Waals surface area contributed by atoms with Crippen LogP contribution in [0.25, 0.3) is 0 Å². The number of aliphatic hydroxyl groups excluding tert-OH is 1. The summed E-state index contributed by atoms with van der Waals surface area (Å²) in [5, 5.41) is 9.89. The van der Waals surface area contributed by atoms with E-state index in [0.717, 1.165) is 0 Å². The highest BCUT2D eigenvalue weighted by atomic mass is 16.8. The topological polar surface area (TPSA) is 83.5 Å². The van der Waals surface area contributed by atoms with E-state index < -0.39 is 48.1 Å². The van der Waals surface area contributed by atoms with Gasteiger partial charge in [0.1, 0.15) is 18.3 Å². The number of carbonyl (C=O) groups is 1. The van der Waals surface area contributed by atoms with Crippen LogP contribution in [-0.2, 0) is 28.5 Å². The molecule has 0 radical (unpaired) electrons. The van der Waals surface area contributed by atoms with Gasteiger partial charge >= 0.3 is 5.97 Å². The molecule has 0 aromatic carbocycles. The zero-order chi connectivity index (χ0) is 14.7. The minimum absolute atomic E-state index is 0.300. The Morgan fingerprint density at radius 3 is 2.25 bits per heavy atom.